The minimum absolute atomic E-state index is 0.139. The van der Waals surface area contributed by atoms with Gasteiger partial charge in [0, 0.05) is 5.56 Å². The molecule has 3 heteroatoms. The number of methoxy groups -OCH3 is 1. The Labute approximate surface area is 124 Å². The molecule has 0 aliphatic heterocycles. The second-order valence-electron chi connectivity index (χ2n) is 5.34. The van der Waals surface area contributed by atoms with Gasteiger partial charge in [0.2, 0.25) is 0 Å². The molecule has 1 saturated carbocycles. The van der Waals surface area contributed by atoms with Crippen LogP contribution >= 0.6 is 0 Å². The van der Waals surface area contributed by atoms with Crippen LogP contribution in [0.5, 0.6) is 5.75 Å². The molecule has 1 aliphatic rings. The number of ether oxygens (including phenoxy) is 2. The quantitative estimate of drug-likeness (QED) is 0.788. The van der Waals surface area contributed by atoms with Crippen molar-refractivity contribution in [2.75, 3.05) is 7.11 Å². The van der Waals surface area contributed by atoms with Crippen molar-refractivity contribution < 1.29 is 14.3 Å². The van der Waals surface area contributed by atoms with Gasteiger partial charge in [0.15, 0.2) is 0 Å². The molecule has 0 bridgehead atoms. The van der Waals surface area contributed by atoms with Crippen LogP contribution < -0.4 is 4.74 Å². The van der Waals surface area contributed by atoms with E-state index in [0.29, 0.717) is 0 Å². The van der Waals surface area contributed by atoms with Crippen molar-refractivity contribution in [3.63, 3.8) is 0 Å². The minimum Gasteiger partial charge on any atom is -0.496 e. The smallest absolute Gasteiger partial charge is 0.316 e. The maximum Gasteiger partial charge on any atom is 0.316 e. The summed E-state index contributed by atoms with van der Waals surface area (Å²) in [6.07, 6.45) is 1.73. The summed E-state index contributed by atoms with van der Waals surface area (Å²) in [6.45, 7) is 0.247. The first-order chi connectivity index (χ1) is 10.3. The Balaban J connectivity index is 1.70. The highest BCUT2D eigenvalue weighted by Gasteiger charge is 2.52. The van der Waals surface area contributed by atoms with Gasteiger partial charge in [-0.2, -0.15) is 0 Å². The van der Waals surface area contributed by atoms with Crippen LogP contribution in [-0.2, 0) is 21.6 Å². The number of carbonyl (C=O) groups is 1. The van der Waals surface area contributed by atoms with Gasteiger partial charge in [-0.25, -0.2) is 0 Å². The van der Waals surface area contributed by atoms with E-state index < -0.39 is 5.41 Å². The molecule has 0 amide bonds. The molecule has 108 valence electrons. The Morgan fingerprint density at radius 3 is 2.38 bits per heavy atom. The van der Waals surface area contributed by atoms with Gasteiger partial charge in [-0.05, 0) is 24.5 Å². The third-order valence-corrected chi connectivity index (χ3v) is 4.02. The predicted octanol–water partition coefficient (Wildman–Crippen LogP) is 3.47. The van der Waals surface area contributed by atoms with Crippen LogP contribution in [0.15, 0.2) is 54.6 Å². The second kappa shape index (κ2) is 5.60. The van der Waals surface area contributed by atoms with Crippen LogP contribution in [0.25, 0.3) is 0 Å². The van der Waals surface area contributed by atoms with Gasteiger partial charge in [0.05, 0.1) is 12.5 Å². The Kier molecular flexibility index (Phi) is 3.65. The van der Waals surface area contributed by atoms with E-state index in [1.54, 1.807) is 7.11 Å². The summed E-state index contributed by atoms with van der Waals surface area (Å²) in [6, 6.07) is 17.5. The maximum atomic E-state index is 12.4. The van der Waals surface area contributed by atoms with E-state index >= 15 is 0 Å². The summed E-state index contributed by atoms with van der Waals surface area (Å²) in [5.41, 5.74) is 1.51. The fourth-order valence-electron chi connectivity index (χ4n) is 2.60. The minimum atomic E-state index is -0.427. The fourth-order valence-corrected chi connectivity index (χ4v) is 2.60. The molecule has 0 heterocycles. The average Bonchev–Trinajstić information content (AvgIpc) is 3.35. The molecule has 2 aromatic carbocycles. The largest absolute Gasteiger partial charge is 0.496 e. The maximum absolute atomic E-state index is 12.4. The molecule has 0 N–H and O–H groups in total. The van der Waals surface area contributed by atoms with E-state index in [4.69, 9.17) is 9.47 Å². The molecule has 1 aliphatic carbocycles. The Morgan fingerprint density at radius 1 is 1.05 bits per heavy atom. The van der Waals surface area contributed by atoms with Crippen LogP contribution in [0.3, 0.4) is 0 Å². The first kappa shape index (κ1) is 13.7. The topological polar surface area (TPSA) is 35.5 Å². The van der Waals surface area contributed by atoms with E-state index in [1.807, 2.05) is 54.6 Å². The molecule has 0 unspecified atom stereocenters. The van der Waals surface area contributed by atoms with E-state index in [0.717, 1.165) is 29.7 Å². The van der Waals surface area contributed by atoms with Crippen LogP contribution in [0.4, 0.5) is 0 Å². The van der Waals surface area contributed by atoms with Crippen LogP contribution in [-0.4, -0.2) is 13.1 Å². The molecule has 3 rings (SSSR count). The lowest BCUT2D eigenvalue weighted by molar-refractivity contribution is -0.148. The monoisotopic (exact) mass is 282 g/mol. The van der Waals surface area contributed by atoms with Gasteiger partial charge in [0.1, 0.15) is 12.4 Å². The third-order valence-electron chi connectivity index (χ3n) is 4.02. The first-order valence-corrected chi connectivity index (χ1v) is 7.11. The van der Waals surface area contributed by atoms with Crippen LogP contribution in [0, 0.1) is 0 Å². The molecular formula is C18H18O3. The van der Waals surface area contributed by atoms with Crippen molar-refractivity contribution >= 4 is 5.97 Å². The van der Waals surface area contributed by atoms with Gasteiger partial charge < -0.3 is 9.47 Å². The molecule has 1 fully saturated rings. The fraction of sp³-hybridized carbons (Fsp3) is 0.278. The highest BCUT2D eigenvalue weighted by Crippen LogP contribution is 2.49. The molecule has 0 saturated heterocycles. The zero-order valence-corrected chi connectivity index (χ0v) is 12.0. The van der Waals surface area contributed by atoms with Gasteiger partial charge in [0.25, 0.3) is 0 Å². The van der Waals surface area contributed by atoms with Gasteiger partial charge >= 0.3 is 5.97 Å². The summed E-state index contributed by atoms with van der Waals surface area (Å²) < 4.78 is 10.8. The van der Waals surface area contributed by atoms with Crippen molar-refractivity contribution in [1.82, 2.24) is 0 Å². The van der Waals surface area contributed by atoms with Crippen molar-refractivity contribution in [3.05, 3.63) is 65.7 Å². The summed E-state index contributed by atoms with van der Waals surface area (Å²) in [5.74, 6) is 0.606. The molecule has 0 radical (unpaired) electrons. The lowest BCUT2D eigenvalue weighted by Gasteiger charge is -2.15. The summed E-state index contributed by atoms with van der Waals surface area (Å²) in [5, 5.41) is 0. The number of benzene rings is 2. The summed E-state index contributed by atoms with van der Waals surface area (Å²) in [4.78, 5) is 12.4. The molecular weight excluding hydrogens is 264 g/mol. The molecule has 2 aromatic rings. The van der Waals surface area contributed by atoms with Crippen LogP contribution in [0.2, 0.25) is 0 Å². The van der Waals surface area contributed by atoms with Crippen LogP contribution in [0.1, 0.15) is 24.0 Å². The number of rotatable bonds is 5. The van der Waals surface area contributed by atoms with E-state index in [1.165, 1.54) is 0 Å². The highest BCUT2D eigenvalue weighted by molar-refractivity contribution is 5.86. The zero-order chi connectivity index (χ0) is 14.7. The molecule has 0 spiro atoms. The van der Waals surface area contributed by atoms with Crippen molar-refractivity contribution in [1.29, 1.82) is 0 Å². The normalized spacial score (nSPS) is 15.3. The third kappa shape index (κ3) is 2.64. The van der Waals surface area contributed by atoms with Gasteiger partial charge in [-0.15, -0.1) is 0 Å². The Bertz CT molecular complexity index is 630. The molecule has 0 aromatic heterocycles. The number of carbonyl (C=O) groups excluding carboxylic acids is 1. The number of hydrogen-bond donors (Lipinski definition) is 0. The van der Waals surface area contributed by atoms with E-state index in [-0.39, 0.29) is 12.6 Å². The number of hydrogen-bond acceptors (Lipinski definition) is 3. The molecule has 21 heavy (non-hydrogen) atoms. The first-order valence-electron chi connectivity index (χ1n) is 7.11. The van der Waals surface area contributed by atoms with Crippen molar-refractivity contribution in [3.8, 4) is 5.75 Å². The molecule has 0 atom stereocenters. The van der Waals surface area contributed by atoms with Crippen molar-refractivity contribution in [2.24, 2.45) is 0 Å². The Hall–Kier alpha value is -2.29. The van der Waals surface area contributed by atoms with Gasteiger partial charge in [-0.3, -0.25) is 4.79 Å². The predicted molar refractivity (Wildman–Crippen MR) is 80.1 cm³/mol. The highest BCUT2D eigenvalue weighted by atomic mass is 16.5. The standard InChI is InChI=1S/C18H18O3/c1-20-16-10-6-5-7-14(16)13-21-17(19)18(11-12-18)15-8-3-2-4-9-15/h2-10H,11-13H2,1H3. The van der Waals surface area contributed by atoms with Crippen molar-refractivity contribution in [2.45, 2.75) is 24.9 Å². The summed E-state index contributed by atoms with van der Waals surface area (Å²) in [7, 11) is 1.62. The lowest BCUT2D eigenvalue weighted by atomic mass is 9.96. The zero-order valence-electron chi connectivity index (χ0n) is 12.0. The second-order valence-corrected chi connectivity index (χ2v) is 5.34. The number of para-hydroxylation sites is 1. The number of esters is 1. The van der Waals surface area contributed by atoms with E-state index in [9.17, 15) is 4.79 Å². The Morgan fingerprint density at radius 2 is 1.71 bits per heavy atom. The van der Waals surface area contributed by atoms with Gasteiger partial charge in [-0.1, -0.05) is 48.5 Å². The van der Waals surface area contributed by atoms with E-state index in [2.05, 4.69) is 0 Å². The SMILES string of the molecule is COc1ccccc1COC(=O)C1(c2ccccc2)CC1. The summed E-state index contributed by atoms with van der Waals surface area (Å²) >= 11 is 0. The lowest BCUT2D eigenvalue weighted by Crippen LogP contribution is -2.23. The average molecular weight is 282 g/mol. The molecule has 3 nitrogen and oxygen atoms in total.